The molecule has 0 aromatic heterocycles. The van der Waals surface area contributed by atoms with E-state index in [1.54, 1.807) is 0 Å². The second kappa shape index (κ2) is 9.31. The normalized spacial score (nSPS) is 12.1. The zero-order chi connectivity index (χ0) is 14.9. The average molecular weight is 293 g/mol. The number of hydrogen-bond acceptors (Lipinski definition) is 5. The van der Waals surface area contributed by atoms with Crippen LogP contribution in [0.5, 0.6) is 0 Å². The fraction of sp³-hybridized carbons (Fsp3) is 0.923. The van der Waals surface area contributed by atoms with Crippen molar-refractivity contribution < 1.29 is 17.4 Å². The largest absolute Gasteiger partial charge is 0.345 e. The quantitative estimate of drug-likeness (QED) is 0.624. The molecule has 0 saturated carbocycles. The van der Waals surface area contributed by atoms with Gasteiger partial charge in [0, 0.05) is 12.6 Å². The molecule has 0 unspecified atom stereocenters. The van der Waals surface area contributed by atoms with Crippen LogP contribution in [0.4, 0.5) is 0 Å². The van der Waals surface area contributed by atoms with Crippen molar-refractivity contribution in [2.24, 2.45) is 5.92 Å². The molecule has 0 bridgehead atoms. The Morgan fingerprint density at radius 1 is 1.16 bits per heavy atom. The van der Waals surface area contributed by atoms with Crippen LogP contribution in [-0.4, -0.2) is 32.7 Å². The van der Waals surface area contributed by atoms with Crippen LogP contribution in [0, 0.1) is 5.92 Å². The molecule has 0 aliphatic rings. The van der Waals surface area contributed by atoms with Crippen molar-refractivity contribution in [2.75, 3.05) is 12.3 Å². The molecule has 0 fully saturated rings. The fourth-order valence-corrected chi connectivity index (χ4v) is 2.62. The van der Waals surface area contributed by atoms with Gasteiger partial charge in [-0.15, -0.1) is 0 Å². The second-order valence-electron chi connectivity index (χ2n) is 5.05. The summed E-state index contributed by atoms with van der Waals surface area (Å²) in [5.41, 5.74) is 0. The van der Waals surface area contributed by atoms with E-state index in [0.717, 1.165) is 12.8 Å². The number of nitrogens with one attached hydrogen (secondary N) is 1. The van der Waals surface area contributed by atoms with Gasteiger partial charge in [-0.05, 0) is 12.8 Å². The minimum atomic E-state index is -3.77. The summed E-state index contributed by atoms with van der Waals surface area (Å²) in [7, 11) is -3.77. The van der Waals surface area contributed by atoms with Gasteiger partial charge in [0.15, 0.2) is 0 Å². The molecule has 1 N–H and O–H groups in total. The maximum atomic E-state index is 11.8. The number of hydrogen-bond donors (Lipinski definition) is 1. The summed E-state index contributed by atoms with van der Waals surface area (Å²) in [4.78, 5) is 11.8. The van der Waals surface area contributed by atoms with Crippen LogP contribution in [-0.2, 0) is 19.1 Å². The van der Waals surface area contributed by atoms with E-state index in [1.807, 2.05) is 27.7 Å². The lowest BCUT2D eigenvalue weighted by Gasteiger charge is -2.14. The summed E-state index contributed by atoms with van der Waals surface area (Å²) < 4.78 is 28.0. The lowest BCUT2D eigenvalue weighted by molar-refractivity contribution is -0.138. The highest BCUT2D eigenvalue weighted by molar-refractivity contribution is 7.87. The predicted molar refractivity (Wildman–Crippen MR) is 76.3 cm³/mol. The Labute approximate surface area is 117 Å². The lowest BCUT2D eigenvalue weighted by Crippen LogP contribution is -2.31. The van der Waals surface area contributed by atoms with Crippen LogP contribution in [0.2, 0.25) is 0 Å². The minimum Gasteiger partial charge on any atom is -0.345 e. The molecule has 0 aromatic rings. The standard InChI is InChI=1S/C13H27NO4S/c1-5-7-12(8-6-2)13(15)18-19(16,17)10-9-14-11(3)4/h11-12,14H,5-10H2,1-4H3. The van der Waals surface area contributed by atoms with Gasteiger partial charge in [0.2, 0.25) is 0 Å². The van der Waals surface area contributed by atoms with Crippen LogP contribution >= 0.6 is 0 Å². The number of carbonyl (C=O) groups is 1. The van der Waals surface area contributed by atoms with Crippen LogP contribution in [0.15, 0.2) is 0 Å². The van der Waals surface area contributed by atoms with Gasteiger partial charge >= 0.3 is 16.1 Å². The Kier molecular flexibility index (Phi) is 9.01. The fourth-order valence-electron chi connectivity index (χ4n) is 1.78. The summed E-state index contributed by atoms with van der Waals surface area (Å²) >= 11 is 0. The highest BCUT2D eigenvalue weighted by Crippen LogP contribution is 2.16. The molecule has 0 rings (SSSR count). The first kappa shape index (κ1) is 18.4. The van der Waals surface area contributed by atoms with Gasteiger partial charge in [0.1, 0.15) is 0 Å². The van der Waals surface area contributed by atoms with Crippen molar-refractivity contribution in [3.63, 3.8) is 0 Å². The van der Waals surface area contributed by atoms with Gasteiger partial charge in [-0.2, -0.15) is 8.42 Å². The summed E-state index contributed by atoms with van der Waals surface area (Å²) in [6.07, 6.45) is 3.03. The Hall–Kier alpha value is -0.620. The third kappa shape index (κ3) is 8.99. The smallest absolute Gasteiger partial charge is 0.325 e. The van der Waals surface area contributed by atoms with Crippen molar-refractivity contribution in [3.05, 3.63) is 0 Å². The Morgan fingerprint density at radius 3 is 2.11 bits per heavy atom. The van der Waals surface area contributed by atoms with Crippen LogP contribution in [0.25, 0.3) is 0 Å². The predicted octanol–water partition coefficient (Wildman–Crippen LogP) is 2.07. The molecule has 0 heterocycles. The summed E-state index contributed by atoms with van der Waals surface area (Å²) in [6.45, 7) is 8.09. The maximum Gasteiger partial charge on any atom is 0.325 e. The second-order valence-corrected chi connectivity index (χ2v) is 6.74. The molecule has 0 aliphatic carbocycles. The third-order valence-corrected chi connectivity index (χ3v) is 3.84. The molecule has 114 valence electrons. The highest BCUT2D eigenvalue weighted by Gasteiger charge is 2.24. The Bertz CT molecular complexity index is 346. The van der Waals surface area contributed by atoms with Crippen LogP contribution in [0.1, 0.15) is 53.4 Å². The summed E-state index contributed by atoms with van der Waals surface area (Å²) in [6, 6.07) is 0.207. The molecule has 0 aliphatic heterocycles. The summed E-state index contributed by atoms with van der Waals surface area (Å²) in [5, 5.41) is 2.98. The molecule has 0 atom stereocenters. The zero-order valence-corrected chi connectivity index (χ0v) is 13.3. The van der Waals surface area contributed by atoms with Crippen LogP contribution in [0.3, 0.4) is 0 Å². The van der Waals surface area contributed by atoms with Crippen molar-refractivity contribution in [2.45, 2.75) is 59.4 Å². The maximum absolute atomic E-state index is 11.8. The number of rotatable bonds is 10. The van der Waals surface area contributed by atoms with Gasteiger partial charge < -0.3 is 9.50 Å². The highest BCUT2D eigenvalue weighted by atomic mass is 32.2. The van der Waals surface area contributed by atoms with E-state index >= 15 is 0 Å². The van der Waals surface area contributed by atoms with Crippen molar-refractivity contribution in [1.82, 2.24) is 5.32 Å². The molecule has 6 heteroatoms. The molecule has 0 amide bonds. The van der Waals surface area contributed by atoms with Crippen LogP contribution < -0.4 is 5.32 Å². The minimum absolute atomic E-state index is 0.179. The van der Waals surface area contributed by atoms with Gasteiger partial charge in [-0.1, -0.05) is 40.5 Å². The van der Waals surface area contributed by atoms with Gasteiger partial charge in [0.05, 0.1) is 11.7 Å². The molecule has 19 heavy (non-hydrogen) atoms. The zero-order valence-electron chi connectivity index (χ0n) is 12.4. The van der Waals surface area contributed by atoms with E-state index in [1.165, 1.54) is 0 Å². The summed E-state index contributed by atoms with van der Waals surface area (Å²) in [5.74, 6) is -1.09. The molecule has 0 radical (unpaired) electrons. The van der Waals surface area contributed by atoms with E-state index in [-0.39, 0.29) is 17.7 Å². The molecule has 0 spiro atoms. The Morgan fingerprint density at radius 2 is 1.68 bits per heavy atom. The molecule has 5 nitrogen and oxygen atoms in total. The first-order chi connectivity index (χ1) is 8.82. The van der Waals surface area contributed by atoms with Gasteiger partial charge in [0.25, 0.3) is 0 Å². The first-order valence-electron chi connectivity index (χ1n) is 7.01. The van der Waals surface area contributed by atoms with E-state index in [4.69, 9.17) is 0 Å². The molecule has 0 saturated heterocycles. The van der Waals surface area contributed by atoms with E-state index in [9.17, 15) is 13.2 Å². The monoisotopic (exact) mass is 293 g/mol. The molecular formula is C13H27NO4S. The topological polar surface area (TPSA) is 72.5 Å². The SMILES string of the molecule is CCCC(CCC)C(=O)OS(=O)(=O)CCNC(C)C. The third-order valence-electron chi connectivity index (χ3n) is 2.72. The molecular weight excluding hydrogens is 266 g/mol. The number of carbonyl (C=O) groups excluding carboxylic acids is 1. The van der Waals surface area contributed by atoms with Crippen molar-refractivity contribution in [1.29, 1.82) is 0 Å². The first-order valence-corrected chi connectivity index (χ1v) is 8.59. The van der Waals surface area contributed by atoms with Crippen molar-refractivity contribution in [3.8, 4) is 0 Å². The van der Waals surface area contributed by atoms with Gasteiger partial charge in [-0.25, -0.2) is 0 Å². The van der Waals surface area contributed by atoms with E-state index < -0.39 is 16.1 Å². The van der Waals surface area contributed by atoms with E-state index in [0.29, 0.717) is 19.4 Å². The van der Waals surface area contributed by atoms with Gasteiger partial charge in [-0.3, -0.25) is 4.79 Å². The lowest BCUT2D eigenvalue weighted by atomic mass is 9.99. The van der Waals surface area contributed by atoms with E-state index in [2.05, 4.69) is 9.50 Å². The van der Waals surface area contributed by atoms with Crippen molar-refractivity contribution >= 4 is 16.1 Å². The Balaban J connectivity index is 4.33. The molecule has 0 aromatic carbocycles. The average Bonchev–Trinajstić information content (AvgIpc) is 2.27.